The normalized spacial score (nSPS) is 32.8. The van der Waals surface area contributed by atoms with Crippen LogP contribution < -0.4 is 0 Å². The molecule has 0 aliphatic carbocycles. The lowest BCUT2D eigenvalue weighted by Crippen LogP contribution is -2.03. The Hall–Kier alpha value is -1.31. The van der Waals surface area contributed by atoms with Gasteiger partial charge in [-0.05, 0) is 19.9 Å². The van der Waals surface area contributed by atoms with Gasteiger partial charge in [0.25, 0.3) is 0 Å². The summed E-state index contributed by atoms with van der Waals surface area (Å²) >= 11 is 0. The first-order valence-electron chi connectivity index (χ1n) is 3.89. The van der Waals surface area contributed by atoms with E-state index in [0.717, 1.165) is 11.3 Å². The second-order valence-corrected chi connectivity index (χ2v) is 2.66. The predicted molar refractivity (Wildman–Crippen MR) is 51.1 cm³/mol. The van der Waals surface area contributed by atoms with Gasteiger partial charge in [0.15, 0.2) is 0 Å². The summed E-state index contributed by atoms with van der Waals surface area (Å²) in [4.78, 5) is 4.27. The van der Waals surface area contributed by atoms with E-state index in [4.69, 9.17) is 4.74 Å². The lowest BCUT2D eigenvalue weighted by Gasteiger charge is -2.05. The van der Waals surface area contributed by atoms with Crippen LogP contribution in [0.1, 0.15) is 13.8 Å². The molecule has 0 N–H and O–H groups in total. The van der Waals surface area contributed by atoms with Crippen molar-refractivity contribution in [3.8, 4) is 0 Å². The predicted octanol–water partition coefficient (Wildman–Crippen LogP) is 2.45. The Kier molecular flexibility index (Phi) is 2.86. The minimum atomic E-state index is 0.688. The van der Waals surface area contributed by atoms with Crippen molar-refractivity contribution in [2.24, 2.45) is 4.99 Å². The summed E-state index contributed by atoms with van der Waals surface area (Å²) in [6.07, 6.45) is 7.87. The number of allylic oxidation sites excluding steroid dienone is 5. The molecule has 2 heteroatoms. The van der Waals surface area contributed by atoms with E-state index in [0.29, 0.717) is 5.90 Å². The molecule has 0 aromatic heterocycles. The fraction of sp³-hybridized carbons (Fsp3) is 0.300. The molecular weight excluding hydrogens is 150 g/mol. The van der Waals surface area contributed by atoms with Crippen molar-refractivity contribution in [3.63, 3.8) is 0 Å². The van der Waals surface area contributed by atoms with E-state index in [9.17, 15) is 0 Å². The quantitative estimate of drug-likeness (QED) is 0.537. The monoisotopic (exact) mass is 163 g/mol. The van der Waals surface area contributed by atoms with Crippen LogP contribution in [0.3, 0.4) is 0 Å². The number of nitrogens with zero attached hydrogens (tertiary/aromatic N) is 1. The van der Waals surface area contributed by atoms with Gasteiger partial charge in [-0.1, -0.05) is 18.2 Å². The van der Waals surface area contributed by atoms with Gasteiger partial charge < -0.3 is 4.74 Å². The Morgan fingerprint density at radius 2 is 1.83 bits per heavy atom. The Morgan fingerprint density at radius 3 is 2.50 bits per heavy atom. The fourth-order valence-electron chi connectivity index (χ4n) is 0.958. The van der Waals surface area contributed by atoms with Gasteiger partial charge in [0.1, 0.15) is 0 Å². The molecule has 0 saturated carbocycles. The first kappa shape index (κ1) is 8.78. The van der Waals surface area contributed by atoms with Crippen LogP contribution in [-0.2, 0) is 4.74 Å². The number of methoxy groups -OCH3 is 1. The molecule has 12 heavy (non-hydrogen) atoms. The molecule has 64 valence electrons. The Bertz CT molecular complexity index is 282. The third-order valence-electron chi connectivity index (χ3n) is 1.60. The van der Waals surface area contributed by atoms with Crippen LogP contribution >= 0.6 is 0 Å². The molecule has 1 rings (SSSR count). The van der Waals surface area contributed by atoms with Crippen molar-refractivity contribution in [1.82, 2.24) is 0 Å². The van der Waals surface area contributed by atoms with Crippen LogP contribution in [0.2, 0.25) is 0 Å². The topological polar surface area (TPSA) is 21.6 Å². The van der Waals surface area contributed by atoms with Crippen molar-refractivity contribution in [2.75, 3.05) is 7.11 Å². The molecular formula is C10H13NO. The molecule has 0 radical (unpaired) electrons. The van der Waals surface area contributed by atoms with Gasteiger partial charge in [-0.15, -0.1) is 0 Å². The van der Waals surface area contributed by atoms with Crippen molar-refractivity contribution in [3.05, 3.63) is 35.6 Å². The highest BCUT2D eigenvalue weighted by atomic mass is 16.5. The lowest BCUT2D eigenvalue weighted by atomic mass is 10.2. The minimum Gasteiger partial charge on any atom is -0.481 e. The Labute approximate surface area is 73.0 Å². The summed E-state index contributed by atoms with van der Waals surface area (Å²) in [5.41, 5.74) is 2.00. The van der Waals surface area contributed by atoms with Gasteiger partial charge in [0.2, 0.25) is 5.90 Å². The highest BCUT2D eigenvalue weighted by Crippen LogP contribution is 2.07. The maximum Gasteiger partial charge on any atom is 0.216 e. The van der Waals surface area contributed by atoms with Crippen LogP contribution in [0.25, 0.3) is 0 Å². The first-order chi connectivity index (χ1) is 5.74. The number of hydrogen-bond donors (Lipinski definition) is 0. The lowest BCUT2D eigenvalue weighted by molar-refractivity contribution is 0.403. The summed E-state index contributed by atoms with van der Waals surface area (Å²) in [6, 6.07) is 0. The first-order valence-corrected chi connectivity index (χ1v) is 3.89. The number of aliphatic imine (C=N–C) groups is 1. The zero-order valence-electron chi connectivity index (χ0n) is 7.66. The third-order valence-corrected chi connectivity index (χ3v) is 1.60. The molecule has 0 aromatic carbocycles. The van der Waals surface area contributed by atoms with E-state index in [1.165, 1.54) is 0 Å². The molecule has 0 bridgehead atoms. The standard InChI is InChI=1S/C10H13NO/c1-8-6-4-5-7-9(2)11-10(8)12-3/h4-7H,1-3H3/b5-4-,6-4?,7-5?,8-6-,9-7-,10-8?,11-9?,11-10+. The van der Waals surface area contributed by atoms with Gasteiger partial charge in [0, 0.05) is 11.3 Å². The Morgan fingerprint density at radius 1 is 1.17 bits per heavy atom. The van der Waals surface area contributed by atoms with E-state index < -0.39 is 0 Å². The molecule has 0 atom stereocenters. The minimum absolute atomic E-state index is 0.688. The number of hydrogen-bond acceptors (Lipinski definition) is 2. The maximum atomic E-state index is 5.12. The molecule has 0 unspecified atom stereocenters. The van der Waals surface area contributed by atoms with Crippen molar-refractivity contribution < 1.29 is 4.74 Å². The molecule has 1 aliphatic heterocycles. The van der Waals surface area contributed by atoms with Crippen LogP contribution in [0.15, 0.2) is 40.6 Å². The SMILES string of the molecule is COC1=N/C(C)=C\C=C/C=C\1C. The molecule has 0 amide bonds. The van der Waals surface area contributed by atoms with Gasteiger partial charge in [-0.3, -0.25) is 0 Å². The van der Waals surface area contributed by atoms with Crippen LogP contribution in [0, 0.1) is 0 Å². The smallest absolute Gasteiger partial charge is 0.216 e. The van der Waals surface area contributed by atoms with E-state index in [1.807, 2.05) is 38.2 Å². The van der Waals surface area contributed by atoms with Gasteiger partial charge >= 0.3 is 0 Å². The number of ether oxygens (including phenoxy) is 1. The van der Waals surface area contributed by atoms with Gasteiger partial charge in [0.05, 0.1) is 7.11 Å². The van der Waals surface area contributed by atoms with Crippen molar-refractivity contribution in [1.29, 1.82) is 0 Å². The van der Waals surface area contributed by atoms with E-state index in [2.05, 4.69) is 4.99 Å². The summed E-state index contributed by atoms with van der Waals surface area (Å²) in [5.74, 6) is 0.688. The van der Waals surface area contributed by atoms with E-state index >= 15 is 0 Å². The van der Waals surface area contributed by atoms with Gasteiger partial charge in [-0.2, -0.15) is 0 Å². The molecule has 0 aromatic rings. The molecule has 0 fully saturated rings. The third kappa shape index (κ3) is 2.09. The largest absolute Gasteiger partial charge is 0.481 e. The van der Waals surface area contributed by atoms with Crippen LogP contribution in [0.4, 0.5) is 0 Å². The van der Waals surface area contributed by atoms with Gasteiger partial charge in [-0.25, -0.2) is 4.99 Å². The van der Waals surface area contributed by atoms with E-state index in [1.54, 1.807) is 7.11 Å². The average molecular weight is 163 g/mol. The Balaban J connectivity index is 3.00. The zero-order chi connectivity index (χ0) is 8.97. The highest BCUT2D eigenvalue weighted by molar-refractivity contribution is 5.93. The summed E-state index contributed by atoms with van der Waals surface area (Å²) < 4.78 is 5.12. The second kappa shape index (κ2) is 3.90. The summed E-state index contributed by atoms with van der Waals surface area (Å²) in [6.45, 7) is 3.92. The zero-order valence-corrected chi connectivity index (χ0v) is 7.66. The summed E-state index contributed by atoms with van der Waals surface area (Å²) in [7, 11) is 1.63. The van der Waals surface area contributed by atoms with E-state index in [-0.39, 0.29) is 0 Å². The molecule has 0 spiro atoms. The molecule has 2 nitrogen and oxygen atoms in total. The molecule has 1 aliphatic rings. The maximum absolute atomic E-state index is 5.12. The summed E-state index contributed by atoms with van der Waals surface area (Å²) in [5, 5.41) is 0. The molecule has 0 saturated heterocycles. The average Bonchev–Trinajstić information content (AvgIpc) is 2.05. The molecule has 1 heterocycles. The highest BCUT2D eigenvalue weighted by Gasteiger charge is 2.01. The van der Waals surface area contributed by atoms with Crippen LogP contribution in [0.5, 0.6) is 0 Å². The van der Waals surface area contributed by atoms with Crippen molar-refractivity contribution >= 4 is 5.90 Å². The number of rotatable bonds is 0. The van der Waals surface area contributed by atoms with Crippen molar-refractivity contribution in [2.45, 2.75) is 13.8 Å². The fourth-order valence-corrected chi connectivity index (χ4v) is 0.958. The second-order valence-electron chi connectivity index (χ2n) is 2.66. The van der Waals surface area contributed by atoms with Crippen LogP contribution in [-0.4, -0.2) is 13.0 Å².